The Bertz CT molecular complexity index is 584. The number of nitrogens with two attached hydrogens (primary N) is 1. The second kappa shape index (κ2) is 9.94. The molecular weight excluding hydrogens is 343 g/mol. The average Bonchev–Trinajstić information content (AvgIpc) is 2.96. The standard InChI is InChI=1S/C18H28ClFN4O/c1-3-25-10-4-8-22-18(21)23-12-14-7-9-24(2)17(14)13-5-6-15(19)16(20)11-13/h5-6,11,14,17H,3-4,7-10,12H2,1-2H3,(H3,21,22,23). The topological polar surface area (TPSA) is 62.9 Å². The zero-order chi connectivity index (χ0) is 18.2. The van der Waals surface area contributed by atoms with Gasteiger partial charge in [-0.3, -0.25) is 9.89 Å². The van der Waals surface area contributed by atoms with E-state index in [4.69, 9.17) is 22.1 Å². The van der Waals surface area contributed by atoms with Gasteiger partial charge in [0.25, 0.3) is 0 Å². The molecule has 2 atom stereocenters. The number of nitrogens with zero attached hydrogens (tertiary/aromatic N) is 2. The number of aliphatic imine (C=N–C) groups is 1. The van der Waals surface area contributed by atoms with Gasteiger partial charge in [0.2, 0.25) is 0 Å². The summed E-state index contributed by atoms with van der Waals surface area (Å²) >= 11 is 5.80. The van der Waals surface area contributed by atoms with Crippen LogP contribution < -0.4 is 11.1 Å². The maximum atomic E-state index is 13.8. The molecular formula is C18H28ClFN4O. The van der Waals surface area contributed by atoms with Crippen molar-refractivity contribution < 1.29 is 9.13 Å². The van der Waals surface area contributed by atoms with E-state index in [0.29, 0.717) is 25.0 Å². The summed E-state index contributed by atoms with van der Waals surface area (Å²) < 4.78 is 19.1. The molecule has 140 valence electrons. The lowest BCUT2D eigenvalue weighted by atomic mass is 9.94. The van der Waals surface area contributed by atoms with Crippen LogP contribution in [0.25, 0.3) is 0 Å². The van der Waals surface area contributed by atoms with Gasteiger partial charge in [-0.1, -0.05) is 17.7 Å². The number of hydrogen-bond acceptors (Lipinski definition) is 3. The van der Waals surface area contributed by atoms with Gasteiger partial charge in [-0.25, -0.2) is 4.39 Å². The van der Waals surface area contributed by atoms with E-state index in [1.165, 1.54) is 6.07 Å². The zero-order valence-corrected chi connectivity index (χ0v) is 15.7. The summed E-state index contributed by atoms with van der Waals surface area (Å²) in [6.45, 7) is 5.73. The van der Waals surface area contributed by atoms with Gasteiger partial charge in [-0.15, -0.1) is 0 Å². The molecule has 7 heteroatoms. The van der Waals surface area contributed by atoms with E-state index in [1.54, 1.807) is 6.07 Å². The van der Waals surface area contributed by atoms with E-state index in [0.717, 1.165) is 38.1 Å². The van der Waals surface area contributed by atoms with E-state index < -0.39 is 0 Å². The highest BCUT2D eigenvalue weighted by Gasteiger charge is 2.33. The highest BCUT2D eigenvalue weighted by atomic mass is 35.5. The van der Waals surface area contributed by atoms with Crippen molar-refractivity contribution >= 4 is 17.6 Å². The fourth-order valence-corrected chi connectivity index (χ4v) is 3.36. The van der Waals surface area contributed by atoms with E-state index in [9.17, 15) is 4.39 Å². The Balaban J connectivity index is 1.91. The zero-order valence-electron chi connectivity index (χ0n) is 15.0. The first-order chi connectivity index (χ1) is 12.0. The Labute approximate surface area is 154 Å². The summed E-state index contributed by atoms with van der Waals surface area (Å²) in [6.07, 6.45) is 1.90. The number of hydrogen-bond donors (Lipinski definition) is 2. The van der Waals surface area contributed by atoms with Crippen molar-refractivity contribution in [1.29, 1.82) is 0 Å². The summed E-state index contributed by atoms with van der Waals surface area (Å²) in [6, 6.07) is 5.17. The lowest BCUT2D eigenvalue weighted by Crippen LogP contribution is -2.33. The SMILES string of the molecule is CCOCCCNC(N)=NCC1CCN(C)C1c1ccc(Cl)c(F)c1. The third-order valence-electron chi connectivity index (χ3n) is 4.53. The molecule has 0 amide bonds. The molecule has 0 saturated carbocycles. The van der Waals surface area contributed by atoms with Gasteiger partial charge in [0, 0.05) is 32.3 Å². The van der Waals surface area contributed by atoms with Crippen LogP contribution >= 0.6 is 11.6 Å². The molecule has 0 spiro atoms. The van der Waals surface area contributed by atoms with Gasteiger partial charge in [0.05, 0.1) is 5.02 Å². The third-order valence-corrected chi connectivity index (χ3v) is 4.84. The first-order valence-electron chi connectivity index (χ1n) is 8.79. The molecule has 1 aliphatic rings. The first kappa shape index (κ1) is 19.9. The quantitative estimate of drug-likeness (QED) is 0.419. The molecule has 1 aromatic carbocycles. The van der Waals surface area contributed by atoms with Crippen molar-refractivity contribution in [2.75, 3.05) is 39.9 Å². The van der Waals surface area contributed by atoms with Crippen LogP contribution in [0.2, 0.25) is 5.02 Å². The first-order valence-corrected chi connectivity index (χ1v) is 9.17. The lowest BCUT2D eigenvalue weighted by molar-refractivity contribution is 0.145. The van der Waals surface area contributed by atoms with Crippen LogP contribution in [-0.2, 0) is 4.74 Å². The van der Waals surface area contributed by atoms with Crippen LogP contribution in [0.5, 0.6) is 0 Å². The van der Waals surface area contributed by atoms with E-state index >= 15 is 0 Å². The van der Waals surface area contributed by atoms with E-state index in [-0.39, 0.29) is 16.9 Å². The van der Waals surface area contributed by atoms with Gasteiger partial charge < -0.3 is 15.8 Å². The monoisotopic (exact) mass is 370 g/mol. The molecule has 1 heterocycles. The number of likely N-dealkylation sites (tertiary alicyclic amines) is 1. The molecule has 1 saturated heterocycles. The van der Waals surface area contributed by atoms with Gasteiger partial charge >= 0.3 is 0 Å². The molecule has 1 aromatic rings. The second-order valence-electron chi connectivity index (χ2n) is 6.35. The summed E-state index contributed by atoms with van der Waals surface area (Å²) in [7, 11) is 2.05. The Morgan fingerprint density at radius 2 is 2.32 bits per heavy atom. The minimum absolute atomic E-state index is 0.126. The lowest BCUT2D eigenvalue weighted by Gasteiger charge is -2.25. The smallest absolute Gasteiger partial charge is 0.188 e. The number of rotatable bonds is 8. The van der Waals surface area contributed by atoms with Gasteiger partial charge in [0.15, 0.2) is 5.96 Å². The number of nitrogens with one attached hydrogen (secondary N) is 1. The molecule has 2 rings (SSSR count). The molecule has 0 radical (unpaired) electrons. The molecule has 0 aromatic heterocycles. The van der Waals surface area contributed by atoms with Crippen molar-refractivity contribution in [3.8, 4) is 0 Å². The highest BCUT2D eigenvalue weighted by Crippen LogP contribution is 2.37. The molecule has 2 unspecified atom stereocenters. The maximum absolute atomic E-state index is 13.8. The third kappa shape index (κ3) is 5.83. The predicted octanol–water partition coefficient (Wildman–Crippen LogP) is 2.80. The fraction of sp³-hybridized carbons (Fsp3) is 0.611. The molecule has 0 aliphatic carbocycles. The fourth-order valence-electron chi connectivity index (χ4n) is 3.25. The van der Waals surface area contributed by atoms with Crippen molar-refractivity contribution in [2.24, 2.45) is 16.6 Å². The van der Waals surface area contributed by atoms with Crippen LogP contribution in [0.4, 0.5) is 4.39 Å². The number of guanidine groups is 1. The Morgan fingerprint density at radius 3 is 3.04 bits per heavy atom. The van der Waals surface area contributed by atoms with Crippen LogP contribution in [0, 0.1) is 11.7 Å². The molecule has 1 fully saturated rings. The Morgan fingerprint density at radius 1 is 1.52 bits per heavy atom. The van der Waals surface area contributed by atoms with Gasteiger partial charge in [0.1, 0.15) is 5.82 Å². The normalized spacial score (nSPS) is 21.7. The summed E-state index contributed by atoms with van der Waals surface area (Å²) in [5, 5.41) is 3.26. The number of benzene rings is 1. The second-order valence-corrected chi connectivity index (χ2v) is 6.76. The minimum atomic E-state index is -0.378. The predicted molar refractivity (Wildman–Crippen MR) is 100 cm³/mol. The summed E-state index contributed by atoms with van der Waals surface area (Å²) in [5.74, 6) is 0.374. The van der Waals surface area contributed by atoms with Crippen LogP contribution in [0.15, 0.2) is 23.2 Å². The number of halogens is 2. The molecule has 0 bridgehead atoms. The molecule has 1 aliphatic heterocycles. The van der Waals surface area contributed by atoms with Crippen LogP contribution in [0.1, 0.15) is 31.4 Å². The van der Waals surface area contributed by atoms with Crippen LogP contribution in [0.3, 0.4) is 0 Å². The van der Waals surface area contributed by atoms with Gasteiger partial charge in [-0.2, -0.15) is 0 Å². The average molecular weight is 371 g/mol. The van der Waals surface area contributed by atoms with Crippen LogP contribution in [-0.4, -0.2) is 50.8 Å². The summed E-state index contributed by atoms with van der Waals surface area (Å²) in [4.78, 5) is 6.70. The largest absolute Gasteiger partial charge is 0.382 e. The minimum Gasteiger partial charge on any atom is -0.382 e. The maximum Gasteiger partial charge on any atom is 0.188 e. The van der Waals surface area contributed by atoms with Crippen molar-refractivity contribution in [1.82, 2.24) is 10.2 Å². The van der Waals surface area contributed by atoms with Crippen molar-refractivity contribution in [3.63, 3.8) is 0 Å². The summed E-state index contributed by atoms with van der Waals surface area (Å²) in [5.41, 5.74) is 6.87. The van der Waals surface area contributed by atoms with E-state index in [2.05, 4.69) is 22.3 Å². The van der Waals surface area contributed by atoms with Crippen molar-refractivity contribution in [3.05, 3.63) is 34.6 Å². The Kier molecular flexibility index (Phi) is 7.93. The molecule has 3 N–H and O–H groups in total. The van der Waals surface area contributed by atoms with E-state index in [1.807, 2.05) is 13.0 Å². The number of ether oxygens (including phenoxy) is 1. The van der Waals surface area contributed by atoms with Crippen molar-refractivity contribution in [2.45, 2.75) is 25.8 Å². The molecule has 5 nitrogen and oxygen atoms in total. The highest BCUT2D eigenvalue weighted by molar-refractivity contribution is 6.30. The van der Waals surface area contributed by atoms with Gasteiger partial charge in [-0.05, 0) is 57.0 Å². The molecule has 25 heavy (non-hydrogen) atoms. The Hall–Kier alpha value is -1.37.